The van der Waals surface area contributed by atoms with Gasteiger partial charge in [0.15, 0.2) is 0 Å². The number of nitrogens with zero attached hydrogens (tertiary/aromatic N) is 1. The van der Waals surface area contributed by atoms with E-state index in [1.54, 1.807) is 6.20 Å². The van der Waals surface area contributed by atoms with Crippen LogP contribution in [-0.2, 0) is 11.2 Å². The van der Waals surface area contributed by atoms with Crippen LogP contribution in [0.1, 0.15) is 36.9 Å². The summed E-state index contributed by atoms with van der Waals surface area (Å²) >= 11 is 0. The molecule has 1 aromatic heterocycles. The fourth-order valence-electron chi connectivity index (χ4n) is 2.28. The van der Waals surface area contributed by atoms with Crippen LogP contribution in [-0.4, -0.2) is 10.8 Å². The third kappa shape index (κ3) is 2.44. The fraction of sp³-hybridized carbons (Fsp3) is 0.538. The second-order valence-corrected chi connectivity index (χ2v) is 4.37. The van der Waals surface area contributed by atoms with Crippen LogP contribution in [0.3, 0.4) is 0 Å². The first-order valence-corrected chi connectivity index (χ1v) is 5.70. The van der Waals surface area contributed by atoms with Gasteiger partial charge in [0, 0.05) is 24.2 Å². The Bertz CT molecular complexity index is 353. The quantitative estimate of drug-likeness (QED) is 0.756. The Morgan fingerprint density at radius 2 is 2.20 bits per heavy atom. The van der Waals surface area contributed by atoms with Gasteiger partial charge in [-0.3, -0.25) is 9.78 Å². The second-order valence-electron chi connectivity index (χ2n) is 4.37. The first kappa shape index (κ1) is 10.3. The molecule has 0 radical (unpaired) electrons. The normalized spacial score (nSPS) is 16.9. The molecule has 1 aliphatic rings. The van der Waals surface area contributed by atoms with Crippen LogP contribution in [0.25, 0.3) is 0 Å². The standard InChI is InChI=1S/C13H17NO/c1-10-12(7-4-8-14-10)9-13(15)11-5-2-3-6-11/h4,7-8,11H,2-3,5-6,9H2,1H3. The van der Waals surface area contributed by atoms with E-state index in [-0.39, 0.29) is 0 Å². The predicted molar refractivity (Wildman–Crippen MR) is 59.6 cm³/mol. The van der Waals surface area contributed by atoms with Crippen LogP contribution in [0, 0.1) is 12.8 Å². The number of ketones is 1. The van der Waals surface area contributed by atoms with Gasteiger partial charge >= 0.3 is 0 Å². The zero-order valence-electron chi connectivity index (χ0n) is 9.20. The lowest BCUT2D eigenvalue weighted by molar-refractivity contribution is -0.122. The Balaban J connectivity index is 2.02. The molecule has 1 fully saturated rings. The number of Topliss-reactive ketones (excluding diaryl/α,β-unsaturated/α-hetero) is 1. The zero-order chi connectivity index (χ0) is 10.7. The summed E-state index contributed by atoms with van der Waals surface area (Å²) in [6, 6.07) is 3.92. The highest BCUT2D eigenvalue weighted by atomic mass is 16.1. The van der Waals surface area contributed by atoms with E-state index < -0.39 is 0 Å². The van der Waals surface area contributed by atoms with E-state index >= 15 is 0 Å². The van der Waals surface area contributed by atoms with Crippen molar-refractivity contribution < 1.29 is 4.79 Å². The molecule has 2 rings (SSSR count). The highest BCUT2D eigenvalue weighted by Crippen LogP contribution is 2.26. The van der Waals surface area contributed by atoms with E-state index in [0.717, 1.165) is 24.1 Å². The molecular weight excluding hydrogens is 186 g/mol. The van der Waals surface area contributed by atoms with Gasteiger partial charge in [0.1, 0.15) is 5.78 Å². The molecule has 0 unspecified atom stereocenters. The van der Waals surface area contributed by atoms with Crippen molar-refractivity contribution in [3.05, 3.63) is 29.6 Å². The second kappa shape index (κ2) is 4.56. The Hall–Kier alpha value is -1.18. The summed E-state index contributed by atoms with van der Waals surface area (Å²) in [5.74, 6) is 0.730. The highest BCUT2D eigenvalue weighted by Gasteiger charge is 2.22. The van der Waals surface area contributed by atoms with E-state index in [9.17, 15) is 4.79 Å². The van der Waals surface area contributed by atoms with Gasteiger partial charge in [-0.1, -0.05) is 18.9 Å². The average Bonchev–Trinajstić information content (AvgIpc) is 2.74. The van der Waals surface area contributed by atoms with E-state index in [2.05, 4.69) is 4.98 Å². The molecule has 0 saturated heterocycles. The number of aromatic nitrogens is 1. The van der Waals surface area contributed by atoms with Crippen LogP contribution in [0.5, 0.6) is 0 Å². The van der Waals surface area contributed by atoms with Gasteiger partial charge < -0.3 is 0 Å². The Morgan fingerprint density at radius 1 is 1.47 bits per heavy atom. The molecule has 1 heterocycles. The largest absolute Gasteiger partial charge is 0.299 e. The molecule has 0 atom stereocenters. The molecule has 0 N–H and O–H groups in total. The Labute approximate surface area is 90.7 Å². The summed E-state index contributed by atoms with van der Waals surface area (Å²) in [5, 5.41) is 0. The Kier molecular flexibility index (Phi) is 3.14. The number of pyridine rings is 1. The SMILES string of the molecule is Cc1ncccc1CC(=O)C1CCCC1. The van der Waals surface area contributed by atoms with Crippen molar-refractivity contribution in [3.8, 4) is 0 Å². The van der Waals surface area contributed by atoms with Crippen molar-refractivity contribution in [1.82, 2.24) is 4.98 Å². The minimum atomic E-state index is 0.324. The van der Waals surface area contributed by atoms with E-state index in [4.69, 9.17) is 0 Å². The monoisotopic (exact) mass is 203 g/mol. The zero-order valence-corrected chi connectivity index (χ0v) is 9.20. The third-order valence-electron chi connectivity index (χ3n) is 3.29. The molecule has 0 aliphatic heterocycles. The number of hydrogen-bond acceptors (Lipinski definition) is 2. The van der Waals surface area contributed by atoms with E-state index in [0.29, 0.717) is 18.1 Å². The van der Waals surface area contributed by atoms with E-state index in [1.165, 1.54) is 12.8 Å². The van der Waals surface area contributed by atoms with Crippen LogP contribution in [0.2, 0.25) is 0 Å². The maximum absolute atomic E-state index is 11.9. The smallest absolute Gasteiger partial charge is 0.140 e. The van der Waals surface area contributed by atoms with Crippen LogP contribution < -0.4 is 0 Å². The van der Waals surface area contributed by atoms with Crippen molar-refractivity contribution in [2.75, 3.05) is 0 Å². The summed E-state index contributed by atoms with van der Waals surface area (Å²) < 4.78 is 0. The molecule has 0 spiro atoms. The number of carbonyl (C=O) groups is 1. The molecule has 1 saturated carbocycles. The first-order valence-electron chi connectivity index (χ1n) is 5.70. The van der Waals surface area contributed by atoms with Gasteiger partial charge in [-0.15, -0.1) is 0 Å². The molecule has 1 aromatic rings. The molecule has 1 aliphatic carbocycles. The van der Waals surface area contributed by atoms with Gasteiger partial charge in [-0.05, 0) is 31.4 Å². The summed E-state index contributed by atoms with van der Waals surface area (Å²) in [7, 11) is 0. The molecular formula is C13H17NO. The lowest BCUT2D eigenvalue weighted by atomic mass is 9.96. The number of hydrogen-bond donors (Lipinski definition) is 0. The predicted octanol–water partition coefficient (Wildman–Crippen LogP) is 2.69. The molecule has 2 nitrogen and oxygen atoms in total. The topological polar surface area (TPSA) is 30.0 Å². The van der Waals surface area contributed by atoms with Crippen molar-refractivity contribution in [2.45, 2.75) is 39.0 Å². The van der Waals surface area contributed by atoms with Crippen LogP contribution in [0.4, 0.5) is 0 Å². The van der Waals surface area contributed by atoms with Gasteiger partial charge in [0.05, 0.1) is 0 Å². The molecule has 2 heteroatoms. The first-order chi connectivity index (χ1) is 7.27. The summed E-state index contributed by atoms with van der Waals surface area (Å²) in [4.78, 5) is 16.1. The maximum Gasteiger partial charge on any atom is 0.140 e. The van der Waals surface area contributed by atoms with Gasteiger partial charge in [-0.2, -0.15) is 0 Å². The molecule has 0 bridgehead atoms. The molecule has 80 valence electrons. The minimum absolute atomic E-state index is 0.324. The van der Waals surface area contributed by atoms with E-state index in [1.807, 2.05) is 19.1 Å². The van der Waals surface area contributed by atoms with Gasteiger partial charge in [0.2, 0.25) is 0 Å². The van der Waals surface area contributed by atoms with Gasteiger partial charge in [-0.25, -0.2) is 0 Å². The van der Waals surface area contributed by atoms with Crippen molar-refractivity contribution >= 4 is 5.78 Å². The number of rotatable bonds is 3. The van der Waals surface area contributed by atoms with Gasteiger partial charge in [0.25, 0.3) is 0 Å². The molecule has 0 amide bonds. The number of carbonyl (C=O) groups excluding carboxylic acids is 1. The fourth-order valence-corrected chi connectivity index (χ4v) is 2.28. The summed E-state index contributed by atoms with van der Waals surface area (Å²) in [6.45, 7) is 1.97. The number of aryl methyl sites for hydroxylation is 1. The lowest BCUT2D eigenvalue weighted by Crippen LogP contribution is -2.14. The van der Waals surface area contributed by atoms with Crippen LogP contribution >= 0.6 is 0 Å². The molecule has 0 aromatic carbocycles. The van der Waals surface area contributed by atoms with Crippen molar-refractivity contribution in [2.24, 2.45) is 5.92 Å². The van der Waals surface area contributed by atoms with Crippen molar-refractivity contribution in [1.29, 1.82) is 0 Å². The third-order valence-corrected chi connectivity index (χ3v) is 3.29. The average molecular weight is 203 g/mol. The van der Waals surface area contributed by atoms with Crippen molar-refractivity contribution in [3.63, 3.8) is 0 Å². The highest BCUT2D eigenvalue weighted by molar-refractivity contribution is 5.83. The summed E-state index contributed by atoms with van der Waals surface area (Å²) in [5.41, 5.74) is 2.08. The lowest BCUT2D eigenvalue weighted by Gasteiger charge is -2.08. The Morgan fingerprint density at radius 3 is 2.87 bits per heavy atom. The minimum Gasteiger partial charge on any atom is -0.299 e. The summed E-state index contributed by atoms with van der Waals surface area (Å²) in [6.07, 6.45) is 6.99. The van der Waals surface area contributed by atoms with Crippen LogP contribution in [0.15, 0.2) is 18.3 Å². The maximum atomic E-state index is 11.9. The molecule has 15 heavy (non-hydrogen) atoms.